The van der Waals surface area contributed by atoms with Crippen molar-refractivity contribution in [1.29, 1.82) is 0 Å². The van der Waals surface area contributed by atoms with Crippen LogP contribution in [0.4, 0.5) is 0 Å². The molecule has 0 radical (unpaired) electrons. The zero-order valence-electron chi connectivity index (χ0n) is 13.9. The molecule has 1 aromatic heterocycles. The van der Waals surface area contributed by atoms with Gasteiger partial charge < -0.3 is 14.6 Å². The Kier molecular flexibility index (Phi) is 3.38. The summed E-state index contributed by atoms with van der Waals surface area (Å²) in [5, 5.41) is 1.18. The highest BCUT2D eigenvalue weighted by Gasteiger charge is 2.39. The number of aromatic nitrogens is 1. The average Bonchev–Trinajstić information content (AvgIpc) is 3.36. The molecule has 3 heterocycles. The van der Waals surface area contributed by atoms with Gasteiger partial charge in [0.05, 0.1) is 12.1 Å². The number of ether oxygens (including phenoxy) is 1. The lowest BCUT2D eigenvalue weighted by Crippen LogP contribution is -2.35. The van der Waals surface area contributed by atoms with E-state index < -0.39 is 0 Å². The van der Waals surface area contributed by atoms with E-state index in [0.717, 1.165) is 41.7 Å². The van der Waals surface area contributed by atoms with Crippen LogP contribution in [0.5, 0.6) is 0 Å². The van der Waals surface area contributed by atoms with Crippen molar-refractivity contribution in [3.8, 4) is 0 Å². The summed E-state index contributed by atoms with van der Waals surface area (Å²) in [6.45, 7) is 1.45. The molecule has 0 spiro atoms. The summed E-state index contributed by atoms with van der Waals surface area (Å²) >= 11 is 0. The highest BCUT2D eigenvalue weighted by Crippen LogP contribution is 2.41. The summed E-state index contributed by atoms with van der Waals surface area (Å²) in [6.07, 6.45) is 4.30. The Morgan fingerprint density at radius 3 is 2.80 bits per heavy atom. The molecule has 0 bridgehead atoms. The number of benzene rings is 2. The van der Waals surface area contributed by atoms with Crippen molar-refractivity contribution in [2.24, 2.45) is 0 Å². The molecule has 0 aliphatic carbocycles. The molecule has 2 aromatic carbocycles. The van der Waals surface area contributed by atoms with Crippen molar-refractivity contribution in [3.05, 3.63) is 71.4 Å². The molecule has 2 aliphatic rings. The van der Waals surface area contributed by atoms with Gasteiger partial charge in [0, 0.05) is 41.4 Å². The third-order valence-corrected chi connectivity index (χ3v) is 5.40. The van der Waals surface area contributed by atoms with Gasteiger partial charge in [-0.05, 0) is 30.5 Å². The molecular weight excluding hydrogens is 312 g/mol. The van der Waals surface area contributed by atoms with Crippen LogP contribution in [-0.4, -0.2) is 35.0 Å². The first-order chi connectivity index (χ1) is 12.3. The van der Waals surface area contributed by atoms with Gasteiger partial charge in [0.1, 0.15) is 0 Å². The van der Waals surface area contributed by atoms with Crippen molar-refractivity contribution in [3.63, 3.8) is 0 Å². The number of carbonyl (C=O) groups excluding carboxylic acids is 1. The summed E-state index contributed by atoms with van der Waals surface area (Å²) < 4.78 is 5.81. The summed E-state index contributed by atoms with van der Waals surface area (Å²) in [5.74, 6) is 0.112. The van der Waals surface area contributed by atoms with E-state index in [4.69, 9.17) is 4.74 Å². The molecule has 1 amide bonds. The number of carbonyl (C=O) groups is 1. The monoisotopic (exact) mass is 332 g/mol. The van der Waals surface area contributed by atoms with Gasteiger partial charge in [-0.15, -0.1) is 0 Å². The minimum Gasteiger partial charge on any atom is -0.376 e. The Morgan fingerprint density at radius 1 is 1.08 bits per heavy atom. The Morgan fingerprint density at radius 2 is 1.92 bits per heavy atom. The predicted molar refractivity (Wildman–Crippen MR) is 96.6 cm³/mol. The number of rotatable bonds is 3. The minimum absolute atomic E-state index is 0.0518. The normalized spacial score (nSPS) is 22.7. The van der Waals surface area contributed by atoms with Gasteiger partial charge in [-0.25, -0.2) is 0 Å². The lowest BCUT2D eigenvalue weighted by Gasteiger charge is -2.27. The lowest BCUT2D eigenvalue weighted by molar-refractivity contribution is 0.0500. The van der Waals surface area contributed by atoms with E-state index in [1.807, 2.05) is 41.4 Å². The Bertz CT molecular complexity index is 940. The Labute approximate surface area is 146 Å². The van der Waals surface area contributed by atoms with Crippen molar-refractivity contribution in [1.82, 2.24) is 9.88 Å². The van der Waals surface area contributed by atoms with Crippen LogP contribution in [0.2, 0.25) is 0 Å². The molecule has 3 aromatic rings. The molecule has 4 heteroatoms. The SMILES string of the molecule is O=C1c2ccccc2[C@@H](c2c[nH]c3ccccc23)N1C[C@@H]1CCCO1. The number of nitrogens with one attached hydrogen (secondary N) is 1. The van der Waals surface area contributed by atoms with E-state index in [2.05, 4.69) is 23.2 Å². The van der Waals surface area contributed by atoms with E-state index in [9.17, 15) is 4.79 Å². The van der Waals surface area contributed by atoms with Gasteiger partial charge in [-0.1, -0.05) is 36.4 Å². The van der Waals surface area contributed by atoms with E-state index in [1.165, 1.54) is 5.39 Å². The quantitative estimate of drug-likeness (QED) is 0.791. The van der Waals surface area contributed by atoms with Crippen LogP contribution < -0.4 is 0 Å². The fourth-order valence-corrected chi connectivity index (χ4v) is 4.22. The van der Waals surface area contributed by atoms with Crippen molar-refractivity contribution in [2.45, 2.75) is 25.0 Å². The summed E-state index contributed by atoms with van der Waals surface area (Å²) in [4.78, 5) is 18.4. The molecule has 2 atom stereocenters. The van der Waals surface area contributed by atoms with E-state index >= 15 is 0 Å². The van der Waals surface area contributed by atoms with Crippen LogP contribution in [0.3, 0.4) is 0 Å². The van der Waals surface area contributed by atoms with Crippen LogP contribution in [0.1, 0.15) is 40.4 Å². The van der Waals surface area contributed by atoms with Crippen LogP contribution in [-0.2, 0) is 4.74 Å². The number of hydrogen-bond acceptors (Lipinski definition) is 2. The maximum atomic E-state index is 13.1. The van der Waals surface area contributed by atoms with Crippen molar-refractivity contribution in [2.75, 3.05) is 13.2 Å². The topological polar surface area (TPSA) is 45.3 Å². The van der Waals surface area contributed by atoms with Crippen LogP contribution in [0.25, 0.3) is 10.9 Å². The Hall–Kier alpha value is -2.59. The molecule has 1 N–H and O–H groups in total. The molecule has 25 heavy (non-hydrogen) atoms. The number of fused-ring (bicyclic) bond motifs is 2. The number of amides is 1. The van der Waals surface area contributed by atoms with Gasteiger partial charge >= 0.3 is 0 Å². The number of hydrogen-bond donors (Lipinski definition) is 1. The van der Waals surface area contributed by atoms with E-state index in [0.29, 0.717) is 6.54 Å². The fraction of sp³-hybridized carbons (Fsp3) is 0.286. The molecule has 2 aliphatic heterocycles. The first-order valence-electron chi connectivity index (χ1n) is 8.90. The molecule has 0 unspecified atom stereocenters. The second-order valence-corrected chi connectivity index (χ2v) is 6.87. The predicted octanol–water partition coefficient (Wildman–Crippen LogP) is 3.89. The fourth-order valence-electron chi connectivity index (χ4n) is 4.22. The standard InChI is InChI=1S/C21H20N2O2/c24-21-17-9-2-1-8-16(17)20(23(21)13-14-6-5-11-25-14)18-12-22-19-10-4-3-7-15(18)19/h1-4,7-10,12,14,20,22H,5-6,11,13H2/t14-,20-/m0/s1. The molecular formula is C21H20N2O2. The number of para-hydroxylation sites is 1. The van der Waals surface area contributed by atoms with E-state index in [-0.39, 0.29) is 18.1 Å². The molecule has 1 fully saturated rings. The third-order valence-electron chi connectivity index (χ3n) is 5.40. The molecule has 1 saturated heterocycles. The summed E-state index contributed by atoms with van der Waals surface area (Å²) in [6, 6.07) is 16.2. The zero-order chi connectivity index (χ0) is 16.8. The molecule has 0 saturated carbocycles. The minimum atomic E-state index is -0.0518. The highest BCUT2D eigenvalue weighted by molar-refractivity contribution is 6.00. The second kappa shape index (κ2) is 5.74. The first-order valence-corrected chi connectivity index (χ1v) is 8.90. The first kappa shape index (κ1) is 14.7. The average molecular weight is 332 g/mol. The largest absolute Gasteiger partial charge is 0.376 e. The number of aromatic amines is 1. The zero-order valence-corrected chi connectivity index (χ0v) is 13.9. The summed E-state index contributed by atoms with van der Waals surface area (Å²) in [7, 11) is 0. The van der Waals surface area contributed by atoms with Crippen LogP contribution in [0.15, 0.2) is 54.7 Å². The smallest absolute Gasteiger partial charge is 0.255 e. The van der Waals surface area contributed by atoms with Crippen LogP contribution >= 0.6 is 0 Å². The van der Waals surface area contributed by atoms with Crippen molar-refractivity contribution >= 4 is 16.8 Å². The van der Waals surface area contributed by atoms with Gasteiger partial charge in [-0.2, -0.15) is 0 Å². The second-order valence-electron chi connectivity index (χ2n) is 6.87. The molecule has 5 rings (SSSR count). The van der Waals surface area contributed by atoms with Crippen molar-refractivity contribution < 1.29 is 9.53 Å². The lowest BCUT2D eigenvalue weighted by atomic mass is 9.97. The third kappa shape index (κ3) is 2.29. The maximum absolute atomic E-state index is 13.1. The van der Waals surface area contributed by atoms with Gasteiger partial charge in [0.2, 0.25) is 0 Å². The maximum Gasteiger partial charge on any atom is 0.255 e. The van der Waals surface area contributed by atoms with Gasteiger partial charge in [0.15, 0.2) is 0 Å². The number of nitrogens with zero attached hydrogens (tertiary/aromatic N) is 1. The van der Waals surface area contributed by atoms with Crippen LogP contribution in [0, 0.1) is 0 Å². The Balaban J connectivity index is 1.63. The molecule has 4 nitrogen and oxygen atoms in total. The number of H-pyrrole nitrogens is 1. The highest BCUT2D eigenvalue weighted by atomic mass is 16.5. The van der Waals surface area contributed by atoms with E-state index in [1.54, 1.807) is 0 Å². The molecule has 126 valence electrons. The van der Waals surface area contributed by atoms with Gasteiger partial charge in [0.25, 0.3) is 5.91 Å². The van der Waals surface area contributed by atoms with Gasteiger partial charge in [-0.3, -0.25) is 4.79 Å². The summed E-state index contributed by atoms with van der Waals surface area (Å²) in [5.41, 5.74) is 4.17.